The van der Waals surface area contributed by atoms with Crippen LogP contribution in [0.15, 0.2) is 30.3 Å². The fourth-order valence-electron chi connectivity index (χ4n) is 1.41. The van der Waals surface area contributed by atoms with Crippen molar-refractivity contribution in [2.45, 2.75) is 0 Å². The first-order valence-corrected chi connectivity index (χ1v) is 6.77. The Morgan fingerprint density at radius 3 is 2.50 bits per heavy atom. The highest BCUT2D eigenvalue weighted by Gasteiger charge is 2.08. The van der Waals surface area contributed by atoms with Gasteiger partial charge in [0, 0.05) is 14.7 Å². The molecule has 0 radical (unpaired) electrons. The van der Waals surface area contributed by atoms with Crippen molar-refractivity contribution in [3.05, 3.63) is 49.8 Å². The van der Waals surface area contributed by atoms with Crippen LogP contribution < -0.4 is 11.1 Å². The van der Waals surface area contributed by atoms with E-state index in [1.165, 1.54) is 12.1 Å². The minimum Gasteiger partial charge on any atom is -0.397 e. The molecule has 2 nitrogen and oxygen atoms in total. The molecule has 0 aliphatic rings. The van der Waals surface area contributed by atoms with Crippen LogP contribution in [0, 0.1) is 9.39 Å². The van der Waals surface area contributed by atoms with Crippen molar-refractivity contribution in [3.8, 4) is 0 Å². The van der Waals surface area contributed by atoms with Crippen molar-refractivity contribution in [3.63, 3.8) is 0 Å². The van der Waals surface area contributed by atoms with Crippen LogP contribution >= 0.6 is 45.8 Å². The lowest BCUT2D eigenvalue weighted by Crippen LogP contribution is -1.99. The molecular formula is C12H8Cl2FIN2. The SMILES string of the molecule is Nc1cc(F)c(Cl)cc1Nc1ccc(Cl)cc1I. The normalized spacial score (nSPS) is 10.4. The van der Waals surface area contributed by atoms with Crippen LogP contribution in [0.5, 0.6) is 0 Å². The molecule has 0 saturated heterocycles. The summed E-state index contributed by atoms with van der Waals surface area (Å²) in [7, 11) is 0. The third-order valence-electron chi connectivity index (χ3n) is 2.29. The van der Waals surface area contributed by atoms with Gasteiger partial charge in [-0.15, -0.1) is 0 Å². The van der Waals surface area contributed by atoms with Gasteiger partial charge in [0.1, 0.15) is 5.82 Å². The predicted molar refractivity (Wildman–Crippen MR) is 83.3 cm³/mol. The third kappa shape index (κ3) is 2.99. The smallest absolute Gasteiger partial charge is 0.143 e. The van der Waals surface area contributed by atoms with Crippen molar-refractivity contribution >= 4 is 62.9 Å². The first-order valence-electron chi connectivity index (χ1n) is 4.94. The molecule has 3 N–H and O–H groups in total. The van der Waals surface area contributed by atoms with Crippen molar-refractivity contribution in [1.82, 2.24) is 0 Å². The first-order chi connectivity index (χ1) is 8.47. The van der Waals surface area contributed by atoms with Gasteiger partial charge in [-0.05, 0) is 46.9 Å². The molecule has 0 amide bonds. The number of nitrogen functional groups attached to an aromatic ring is 1. The summed E-state index contributed by atoms with van der Waals surface area (Å²) in [5.41, 5.74) is 7.41. The maximum absolute atomic E-state index is 13.2. The van der Waals surface area contributed by atoms with E-state index in [1.54, 1.807) is 6.07 Å². The minimum absolute atomic E-state index is 0.0238. The number of benzene rings is 2. The molecule has 0 aliphatic heterocycles. The van der Waals surface area contributed by atoms with Crippen LogP contribution in [0.3, 0.4) is 0 Å². The number of hydrogen-bond donors (Lipinski definition) is 2. The Labute approximate surface area is 127 Å². The number of halogens is 4. The Morgan fingerprint density at radius 1 is 1.11 bits per heavy atom. The second-order valence-corrected chi connectivity index (χ2v) is 5.61. The Bertz CT molecular complexity index is 605. The van der Waals surface area contributed by atoms with E-state index in [-0.39, 0.29) is 5.02 Å². The molecule has 2 aromatic rings. The Kier molecular flexibility index (Phi) is 4.19. The van der Waals surface area contributed by atoms with Gasteiger partial charge >= 0.3 is 0 Å². The average molecular weight is 397 g/mol. The largest absolute Gasteiger partial charge is 0.397 e. The summed E-state index contributed by atoms with van der Waals surface area (Å²) in [6, 6.07) is 8.03. The van der Waals surface area contributed by atoms with Gasteiger partial charge in [0.05, 0.1) is 22.1 Å². The van der Waals surface area contributed by atoms with E-state index in [0.717, 1.165) is 9.26 Å². The highest BCUT2D eigenvalue weighted by Crippen LogP contribution is 2.31. The zero-order chi connectivity index (χ0) is 13.3. The van der Waals surface area contributed by atoms with E-state index in [1.807, 2.05) is 12.1 Å². The van der Waals surface area contributed by atoms with Gasteiger partial charge in [-0.25, -0.2) is 4.39 Å². The van der Waals surface area contributed by atoms with E-state index < -0.39 is 5.82 Å². The average Bonchev–Trinajstić information content (AvgIpc) is 2.29. The van der Waals surface area contributed by atoms with Gasteiger partial charge in [0.25, 0.3) is 0 Å². The van der Waals surface area contributed by atoms with Gasteiger partial charge in [-0.1, -0.05) is 23.2 Å². The lowest BCUT2D eigenvalue weighted by molar-refractivity contribution is 0.629. The predicted octanol–water partition coefficient (Wildman–Crippen LogP) is 5.06. The van der Waals surface area contributed by atoms with Crippen LogP contribution in [0.4, 0.5) is 21.5 Å². The number of nitrogens with two attached hydrogens (primary N) is 1. The molecule has 0 unspecified atom stereocenters. The Balaban J connectivity index is 2.37. The molecule has 2 rings (SSSR count). The Hall–Kier alpha value is -0.720. The maximum atomic E-state index is 13.2. The van der Waals surface area contributed by atoms with Crippen molar-refractivity contribution < 1.29 is 4.39 Å². The zero-order valence-corrected chi connectivity index (χ0v) is 12.6. The second kappa shape index (κ2) is 5.50. The number of hydrogen-bond acceptors (Lipinski definition) is 2. The molecule has 0 saturated carbocycles. The quantitative estimate of drug-likeness (QED) is 0.549. The Morgan fingerprint density at radius 2 is 1.83 bits per heavy atom. The number of nitrogens with one attached hydrogen (secondary N) is 1. The molecule has 0 heterocycles. The lowest BCUT2D eigenvalue weighted by Gasteiger charge is -2.12. The summed E-state index contributed by atoms with van der Waals surface area (Å²) < 4.78 is 14.1. The van der Waals surface area contributed by atoms with E-state index in [4.69, 9.17) is 28.9 Å². The highest BCUT2D eigenvalue weighted by atomic mass is 127. The number of rotatable bonds is 2. The topological polar surface area (TPSA) is 38.0 Å². The van der Waals surface area contributed by atoms with Crippen molar-refractivity contribution in [2.75, 3.05) is 11.1 Å². The van der Waals surface area contributed by atoms with Gasteiger partial charge < -0.3 is 11.1 Å². The second-order valence-electron chi connectivity index (χ2n) is 3.60. The minimum atomic E-state index is -0.537. The third-order valence-corrected chi connectivity index (χ3v) is 3.71. The van der Waals surface area contributed by atoms with Gasteiger partial charge in [0.2, 0.25) is 0 Å². The highest BCUT2D eigenvalue weighted by molar-refractivity contribution is 14.1. The van der Waals surface area contributed by atoms with Crippen molar-refractivity contribution in [1.29, 1.82) is 0 Å². The lowest BCUT2D eigenvalue weighted by atomic mass is 10.2. The van der Waals surface area contributed by atoms with Crippen LogP contribution in [-0.4, -0.2) is 0 Å². The molecule has 0 fully saturated rings. The van der Waals surface area contributed by atoms with Gasteiger partial charge in [0.15, 0.2) is 0 Å². The maximum Gasteiger partial charge on any atom is 0.143 e. The van der Waals surface area contributed by atoms with E-state index in [2.05, 4.69) is 27.9 Å². The summed E-state index contributed by atoms with van der Waals surface area (Å²) in [5.74, 6) is -0.537. The molecule has 0 aromatic heterocycles. The molecule has 18 heavy (non-hydrogen) atoms. The van der Waals surface area contributed by atoms with Crippen molar-refractivity contribution in [2.24, 2.45) is 0 Å². The van der Waals surface area contributed by atoms with Crippen LogP contribution in [-0.2, 0) is 0 Å². The molecule has 94 valence electrons. The van der Waals surface area contributed by atoms with Crippen LogP contribution in [0.2, 0.25) is 10.0 Å². The number of anilines is 3. The summed E-state index contributed by atoms with van der Waals surface area (Å²) in [4.78, 5) is 0. The first kappa shape index (κ1) is 13.7. The molecule has 0 atom stereocenters. The fourth-order valence-corrected chi connectivity index (χ4v) is 2.58. The van der Waals surface area contributed by atoms with Gasteiger partial charge in [-0.3, -0.25) is 0 Å². The summed E-state index contributed by atoms with van der Waals surface area (Å²) >= 11 is 13.7. The summed E-state index contributed by atoms with van der Waals surface area (Å²) in [6.45, 7) is 0. The van der Waals surface area contributed by atoms with E-state index in [0.29, 0.717) is 16.4 Å². The molecular weight excluding hydrogens is 389 g/mol. The summed E-state index contributed by atoms with van der Waals surface area (Å²) in [5, 5.41) is 3.77. The summed E-state index contributed by atoms with van der Waals surface area (Å²) in [6.07, 6.45) is 0. The molecule has 0 bridgehead atoms. The van der Waals surface area contributed by atoms with E-state index >= 15 is 0 Å². The van der Waals surface area contributed by atoms with Crippen LogP contribution in [0.1, 0.15) is 0 Å². The fraction of sp³-hybridized carbons (Fsp3) is 0. The zero-order valence-electron chi connectivity index (χ0n) is 8.98. The molecule has 0 aliphatic carbocycles. The molecule has 6 heteroatoms. The van der Waals surface area contributed by atoms with E-state index in [9.17, 15) is 4.39 Å². The standard InChI is InChI=1S/C12H8Cl2FIN2/c13-6-1-2-11(9(16)3-6)18-12-4-7(14)8(15)5-10(12)17/h1-5,18H,17H2. The molecule has 0 spiro atoms. The molecule has 2 aromatic carbocycles. The monoisotopic (exact) mass is 396 g/mol. The van der Waals surface area contributed by atoms with Gasteiger partial charge in [-0.2, -0.15) is 0 Å². The van der Waals surface area contributed by atoms with Crippen LogP contribution in [0.25, 0.3) is 0 Å².